The Hall–Kier alpha value is -0.630. The fraction of sp³-hybridized carbons (Fsp3) is 0.533. The van der Waals surface area contributed by atoms with E-state index in [1.807, 2.05) is 12.1 Å². The molecule has 0 amide bonds. The lowest BCUT2D eigenvalue weighted by atomic mass is 10.0. The zero-order valence-electron chi connectivity index (χ0n) is 10.5. The maximum absolute atomic E-state index is 10.9. The van der Waals surface area contributed by atoms with Crippen LogP contribution in [-0.4, -0.2) is 6.29 Å². The number of aldehydes is 1. The van der Waals surface area contributed by atoms with Crippen molar-refractivity contribution in [2.75, 3.05) is 0 Å². The van der Waals surface area contributed by atoms with Crippen LogP contribution in [0.3, 0.4) is 0 Å². The minimum absolute atomic E-state index is 0.835. The van der Waals surface area contributed by atoms with Crippen LogP contribution in [0.5, 0.6) is 0 Å². The Morgan fingerprint density at radius 2 is 1.82 bits per heavy atom. The summed E-state index contributed by atoms with van der Waals surface area (Å²) >= 11 is 3.45. The molecular weight excluding hydrogens is 276 g/mol. The highest BCUT2D eigenvalue weighted by atomic mass is 79.9. The quantitative estimate of drug-likeness (QED) is 0.478. The lowest BCUT2D eigenvalue weighted by molar-refractivity contribution is 0.112. The summed E-state index contributed by atoms with van der Waals surface area (Å²) in [6.07, 6.45) is 9.72. The first-order valence-electron chi connectivity index (χ1n) is 6.51. The Bertz CT molecular complexity index is 347. The molecule has 0 aliphatic rings. The van der Waals surface area contributed by atoms with Crippen molar-refractivity contribution in [3.8, 4) is 0 Å². The highest BCUT2D eigenvalue weighted by Gasteiger charge is 2.02. The first-order chi connectivity index (χ1) is 8.27. The van der Waals surface area contributed by atoms with Gasteiger partial charge in [0.25, 0.3) is 0 Å². The van der Waals surface area contributed by atoms with Crippen molar-refractivity contribution in [2.24, 2.45) is 0 Å². The minimum Gasteiger partial charge on any atom is -0.298 e. The number of halogens is 1. The van der Waals surface area contributed by atoms with Gasteiger partial charge in [-0.2, -0.15) is 0 Å². The monoisotopic (exact) mass is 296 g/mol. The van der Waals surface area contributed by atoms with E-state index in [0.717, 1.165) is 22.7 Å². The highest BCUT2D eigenvalue weighted by Crippen LogP contribution is 2.18. The van der Waals surface area contributed by atoms with E-state index < -0.39 is 0 Å². The zero-order valence-corrected chi connectivity index (χ0v) is 12.1. The van der Waals surface area contributed by atoms with Gasteiger partial charge in [-0.3, -0.25) is 4.79 Å². The molecule has 0 aliphatic heterocycles. The summed E-state index contributed by atoms with van der Waals surface area (Å²) < 4.78 is 1.06. The van der Waals surface area contributed by atoms with Crippen LogP contribution in [0, 0.1) is 0 Å². The lowest BCUT2D eigenvalue weighted by Gasteiger charge is -2.05. The lowest BCUT2D eigenvalue weighted by Crippen LogP contribution is -1.93. The van der Waals surface area contributed by atoms with Crippen LogP contribution in [0.25, 0.3) is 0 Å². The summed E-state index contributed by atoms with van der Waals surface area (Å²) in [5.41, 5.74) is 2.01. The molecule has 0 saturated heterocycles. The number of carbonyl (C=O) groups is 1. The third-order valence-corrected chi connectivity index (χ3v) is 3.52. The number of aryl methyl sites for hydroxylation is 1. The van der Waals surface area contributed by atoms with Crippen LogP contribution in [0.4, 0.5) is 0 Å². The Morgan fingerprint density at radius 3 is 2.53 bits per heavy atom. The third kappa shape index (κ3) is 5.49. The largest absolute Gasteiger partial charge is 0.298 e. The Kier molecular flexibility index (Phi) is 7.18. The molecule has 0 unspecified atom stereocenters. The van der Waals surface area contributed by atoms with Crippen LogP contribution in [0.1, 0.15) is 61.4 Å². The molecule has 0 aromatic heterocycles. The predicted octanol–water partition coefficient (Wildman–Crippen LogP) is 5.16. The van der Waals surface area contributed by atoms with Gasteiger partial charge in [-0.25, -0.2) is 0 Å². The maximum atomic E-state index is 10.9. The van der Waals surface area contributed by atoms with Crippen LogP contribution in [0.2, 0.25) is 0 Å². The normalized spacial score (nSPS) is 10.5. The maximum Gasteiger partial charge on any atom is 0.150 e. The van der Waals surface area contributed by atoms with E-state index in [1.165, 1.54) is 44.1 Å². The van der Waals surface area contributed by atoms with E-state index in [2.05, 4.69) is 28.9 Å². The van der Waals surface area contributed by atoms with Crippen molar-refractivity contribution in [1.82, 2.24) is 0 Å². The fourth-order valence-corrected chi connectivity index (χ4v) is 2.41. The topological polar surface area (TPSA) is 17.1 Å². The van der Waals surface area contributed by atoms with Gasteiger partial charge in [0.2, 0.25) is 0 Å². The summed E-state index contributed by atoms with van der Waals surface area (Å²) in [6.45, 7) is 2.23. The number of hydrogen-bond donors (Lipinski definition) is 0. The zero-order chi connectivity index (χ0) is 12.5. The van der Waals surface area contributed by atoms with Gasteiger partial charge in [0, 0.05) is 10.0 Å². The predicted molar refractivity (Wildman–Crippen MR) is 76.6 cm³/mol. The van der Waals surface area contributed by atoms with Gasteiger partial charge in [0.15, 0.2) is 0 Å². The van der Waals surface area contributed by atoms with E-state index in [-0.39, 0.29) is 0 Å². The average molecular weight is 297 g/mol. The molecule has 1 aromatic rings. The van der Waals surface area contributed by atoms with Gasteiger partial charge >= 0.3 is 0 Å². The molecule has 0 spiro atoms. The second kappa shape index (κ2) is 8.46. The van der Waals surface area contributed by atoms with Gasteiger partial charge in [0.05, 0.1) is 0 Å². The van der Waals surface area contributed by atoms with E-state index >= 15 is 0 Å². The summed E-state index contributed by atoms with van der Waals surface area (Å²) in [4.78, 5) is 10.9. The molecule has 0 N–H and O–H groups in total. The number of benzene rings is 1. The number of rotatable bonds is 8. The SMILES string of the molecule is CCCCCCCCc1cc(Br)ccc1C=O. The van der Waals surface area contributed by atoms with Gasteiger partial charge < -0.3 is 0 Å². The Balaban J connectivity index is 2.35. The Morgan fingerprint density at radius 1 is 1.12 bits per heavy atom. The van der Waals surface area contributed by atoms with Crippen LogP contribution in [-0.2, 0) is 6.42 Å². The van der Waals surface area contributed by atoms with E-state index in [9.17, 15) is 4.79 Å². The molecule has 94 valence electrons. The summed E-state index contributed by atoms with van der Waals surface area (Å²) in [5, 5.41) is 0. The van der Waals surface area contributed by atoms with Crippen molar-refractivity contribution in [3.05, 3.63) is 33.8 Å². The van der Waals surface area contributed by atoms with Gasteiger partial charge in [-0.15, -0.1) is 0 Å². The van der Waals surface area contributed by atoms with Gasteiger partial charge in [-0.1, -0.05) is 61.0 Å². The van der Waals surface area contributed by atoms with Crippen molar-refractivity contribution >= 4 is 22.2 Å². The van der Waals surface area contributed by atoms with E-state index in [1.54, 1.807) is 0 Å². The smallest absolute Gasteiger partial charge is 0.150 e. The van der Waals surface area contributed by atoms with Gasteiger partial charge in [-0.05, 0) is 30.5 Å². The molecule has 1 aromatic carbocycles. The molecule has 1 nitrogen and oxygen atoms in total. The molecule has 0 heterocycles. The number of hydrogen-bond acceptors (Lipinski definition) is 1. The standard InChI is InChI=1S/C15H21BrO/c1-2-3-4-5-6-7-8-13-11-15(16)10-9-14(13)12-17/h9-12H,2-8H2,1H3. The summed E-state index contributed by atoms with van der Waals surface area (Å²) in [6, 6.07) is 5.88. The van der Waals surface area contributed by atoms with Crippen LogP contribution < -0.4 is 0 Å². The van der Waals surface area contributed by atoms with Crippen molar-refractivity contribution in [1.29, 1.82) is 0 Å². The molecule has 17 heavy (non-hydrogen) atoms. The molecule has 2 heteroatoms. The number of unbranched alkanes of at least 4 members (excludes halogenated alkanes) is 5. The first kappa shape index (κ1) is 14.4. The molecule has 0 aliphatic carbocycles. The van der Waals surface area contributed by atoms with Crippen molar-refractivity contribution < 1.29 is 4.79 Å². The minimum atomic E-state index is 0.835. The van der Waals surface area contributed by atoms with Crippen molar-refractivity contribution in [2.45, 2.75) is 51.9 Å². The molecule has 0 fully saturated rings. The first-order valence-corrected chi connectivity index (χ1v) is 7.31. The highest BCUT2D eigenvalue weighted by molar-refractivity contribution is 9.10. The van der Waals surface area contributed by atoms with E-state index in [0.29, 0.717) is 0 Å². The van der Waals surface area contributed by atoms with Crippen LogP contribution >= 0.6 is 15.9 Å². The Labute approximate surface area is 113 Å². The molecule has 0 atom stereocenters. The van der Waals surface area contributed by atoms with Crippen LogP contribution in [0.15, 0.2) is 22.7 Å². The summed E-state index contributed by atoms with van der Waals surface area (Å²) in [7, 11) is 0. The summed E-state index contributed by atoms with van der Waals surface area (Å²) in [5.74, 6) is 0. The molecule has 0 saturated carbocycles. The fourth-order valence-electron chi connectivity index (χ4n) is 2.00. The molecule has 1 rings (SSSR count). The van der Waals surface area contributed by atoms with Crippen molar-refractivity contribution in [3.63, 3.8) is 0 Å². The average Bonchev–Trinajstić information content (AvgIpc) is 2.34. The molecule has 0 radical (unpaired) electrons. The van der Waals surface area contributed by atoms with E-state index in [4.69, 9.17) is 0 Å². The molecular formula is C15H21BrO. The second-order valence-electron chi connectivity index (χ2n) is 4.48. The molecule has 0 bridgehead atoms. The third-order valence-electron chi connectivity index (χ3n) is 3.03. The van der Waals surface area contributed by atoms with Gasteiger partial charge in [0.1, 0.15) is 6.29 Å². The second-order valence-corrected chi connectivity index (χ2v) is 5.39. The number of carbonyl (C=O) groups excluding carboxylic acids is 1.